The van der Waals surface area contributed by atoms with Crippen molar-refractivity contribution in [1.29, 1.82) is 0 Å². The quantitative estimate of drug-likeness (QED) is 0.0707. The van der Waals surface area contributed by atoms with E-state index in [2.05, 4.69) is 45.0 Å². The minimum absolute atomic E-state index is 0.00163. The molecule has 0 heterocycles. The highest BCUT2D eigenvalue weighted by atomic mass is 16.6. The Hall–Kier alpha value is -4.65. The Labute approximate surface area is 258 Å². The molecule has 0 saturated carbocycles. The first-order valence-electron chi connectivity index (χ1n) is 15.2. The van der Waals surface area contributed by atoms with Crippen LogP contribution in [0.2, 0.25) is 0 Å². The Morgan fingerprint density at radius 2 is 1.59 bits per heavy atom. The maximum Gasteiger partial charge on any atom is 0.318 e. The van der Waals surface area contributed by atoms with Crippen LogP contribution >= 0.6 is 0 Å². The molecule has 228 valence electrons. The van der Waals surface area contributed by atoms with Crippen LogP contribution in [0.4, 0.5) is 5.69 Å². The van der Waals surface area contributed by atoms with Gasteiger partial charge in [0, 0.05) is 23.8 Å². The number of rotatable bonds is 12. The minimum Gasteiger partial charge on any atom is -0.491 e. The summed E-state index contributed by atoms with van der Waals surface area (Å²) in [7, 11) is 0. The lowest BCUT2D eigenvalue weighted by Gasteiger charge is -2.37. The normalized spacial score (nSPS) is 15.9. The molecule has 0 amide bonds. The fraction of sp³-hybridized carbons (Fsp3) is 0.324. The fourth-order valence-electron chi connectivity index (χ4n) is 5.92. The molecule has 0 aromatic heterocycles. The second kappa shape index (κ2) is 13.8. The van der Waals surface area contributed by atoms with Crippen molar-refractivity contribution in [2.45, 2.75) is 71.5 Å². The largest absolute Gasteiger partial charge is 0.491 e. The van der Waals surface area contributed by atoms with Crippen molar-refractivity contribution < 1.29 is 23.9 Å². The van der Waals surface area contributed by atoms with Crippen LogP contribution in [0.5, 0.6) is 17.2 Å². The van der Waals surface area contributed by atoms with Crippen molar-refractivity contribution in [2.75, 3.05) is 0 Å². The lowest BCUT2D eigenvalue weighted by Crippen LogP contribution is -2.32. The average Bonchev–Trinajstić information content (AvgIpc) is 3.00. The highest BCUT2D eigenvalue weighted by molar-refractivity contribution is 5.83. The van der Waals surface area contributed by atoms with Crippen molar-refractivity contribution in [2.24, 2.45) is 5.41 Å². The number of ether oxygens (including phenoxy) is 3. The van der Waals surface area contributed by atoms with Crippen LogP contribution in [0.15, 0.2) is 97.1 Å². The van der Waals surface area contributed by atoms with E-state index in [1.165, 1.54) is 29.8 Å². The zero-order valence-corrected chi connectivity index (χ0v) is 25.5. The van der Waals surface area contributed by atoms with Crippen molar-refractivity contribution in [3.05, 3.63) is 129 Å². The van der Waals surface area contributed by atoms with E-state index in [1.54, 1.807) is 0 Å². The molecule has 5 rings (SSSR count). The van der Waals surface area contributed by atoms with Gasteiger partial charge in [0.05, 0.1) is 16.9 Å². The van der Waals surface area contributed by atoms with Gasteiger partial charge < -0.3 is 14.2 Å². The molecule has 0 bridgehead atoms. The maximum atomic E-state index is 13.7. The zero-order chi connectivity index (χ0) is 31.1. The Morgan fingerprint density at radius 1 is 0.932 bits per heavy atom. The summed E-state index contributed by atoms with van der Waals surface area (Å²) in [5, 5.41) is 11.1. The Morgan fingerprint density at radius 3 is 2.25 bits per heavy atom. The van der Waals surface area contributed by atoms with Crippen molar-refractivity contribution in [1.82, 2.24) is 0 Å². The van der Waals surface area contributed by atoms with Gasteiger partial charge in [-0.25, -0.2) is 0 Å². The van der Waals surface area contributed by atoms with Gasteiger partial charge in [0.25, 0.3) is 5.69 Å². The molecule has 0 N–H and O–H groups in total. The molecule has 2 atom stereocenters. The zero-order valence-electron chi connectivity index (χ0n) is 25.5. The van der Waals surface area contributed by atoms with E-state index >= 15 is 0 Å². The Kier molecular flexibility index (Phi) is 9.63. The van der Waals surface area contributed by atoms with Crippen LogP contribution in [-0.4, -0.2) is 17.0 Å². The van der Waals surface area contributed by atoms with Crippen LogP contribution in [0.25, 0.3) is 0 Å². The van der Waals surface area contributed by atoms with Crippen LogP contribution in [0, 0.1) is 15.5 Å². The summed E-state index contributed by atoms with van der Waals surface area (Å²) in [6, 6.07) is 29.9. The fourth-order valence-corrected chi connectivity index (χ4v) is 5.92. The molecule has 0 radical (unpaired) electrons. The molecule has 0 spiro atoms. The van der Waals surface area contributed by atoms with Gasteiger partial charge in [-0.2, -0.15) is 0 Å². The summed E-state index contributed by atoms with van der Waals surface area (Å²) in [6.45, 7) is 6.72. The maximum absolute atomic E-state index is 13.7. The van der Waals surface area contributed by atoms with E-state index in [0.29, 0.717) is 18.8 Å². The number of aryl methyl sites for hydroxylation is 1. The highest BCUT2D eigenvalue weighted by Gasteiger charge is 2.40. The minimum atomic E-state index is -0.577. The predicted octanol–water partition coefficient (Wildman–Crippen LogP) is 8.63. The number of nitro benzene ring substituents is 1. The van der Waals surface area contributed by atoms with E-state index in [0.717, 1.165) is 48.1 Å². The SMILES string of the molecule is CC(CCCc1ccccc1)Oc1cc2c(c(OCc3ccccc3)c1)C(C(=O)Oc1ccc([N+](=O)[O-])cc1)CC(C)(C)C2. The first-order chi connectivity index (χ1) is 21.2. The molecular weight excluding hydrogens is 554 g/mol. The highest BCUT2D eigenvalue weighted by Crippen LogP contribution is 2.48. The molecular formula is C37H39NO6. The number of non-ortho nitro benzene ring substituents is 1. The molecule has 44 heavy (non-hydrogen) atoms. The van der Waals surface area contributed by atoms with E-state index in [-0.39, 0.29) is 23.0 Å². The summed E-state index contributed by atoms with van der Waals surface area (Å²) >= 11 is 0. The third kappa shape index (κ3) is 8.04. The standard InChI is InChI=1S/C37H39NO6/c1-26(11-10-16-27-12-6-4-7-13-27)43-32-21-29-23-37(2,3)24-33(36(39)44-31-19-17-30(18-20-31)38(40)41)35(29)34(22-32)42-25-28-14-8-5-9-15-28/h4-9,12-15,17-22,26,33H,10-11,16,23-25H2,1-3H3. The summed E-state index contributed by atoms with van der Waals surface area (Å²) in [5.74, 6) is 0.604. The summed E-state index contributed by atoms with van der Waals surface area (Å²) in [4.78, 5) is 24.3. The Bertz CT molecular complexity index is 1570. The number of hydrogen-bond donors (Lipinski definition) is 0. The van der Waals surface area contributed by atoms with E-state index in [4.69, 9.17) is 14.2 Å². The van der Waals surface area contributed by atoms with Gasteiger partial charge in [-0.15, -0.1) is 0 Å². The molecule has 7 heteroatoms. The molecule has 2 unspecified atom stereocenters. The number of nitro groups is 1. The lowest BCUT2D eigenvalue weighted by atomic mass is 9.69. The summed E-state index contributed by atoms with van der Waals surface area (Å²) < 4.78 is 18.7. The Balaban J connectivity index is 1.40. The van der Waals surface area contributed by atoms with Crippen molar-refractivity contribution in [3.63, 3.8) is 0 Å². The number of esters is 1. The smallest absolute Gasteiger partial charge is 0.318 e. The number of fused-ring (bicyclic) bond motifs is 1. The molecule has 4 aromatic carbocycles. The van der Waals surface area contributed by atoms with Gasteiger partial charge in [0.15, 0.2) is 0 Å². The first kappa shape index (κ1) is 30.8. The molecule has 7 nitrogen and oxygen atoms in total. The average molecular weight is 594 g/mol. The number of carbonyl (C=O) groups is 1. The second-order valence-electron chi connectivity index (χ2n) is 12.3. The van der Waals surface area contributed by atoms with Crippen LogP contribution in [0.3, 0.4) is 0 Å². The molecule has 1 aliphatic carbocycles. The van der Waals surface area contributed by atoms with Crippen LogP contribution < -0.4 is 14.2 Å². The molecule has 0 fully saturated rings. The summed E-state index contributed by atoms with van der Waals surface area (Å²) in [5.41, 5.74) is 3.91. The number of hydrogen-bond acceptors (Lipinski definition) is 6. The predicted molar refractivity (Wildman–Crippen MR) is 170 cm³/mol. The number of nitrogens with zero attached hydrogens (tertiary/aromatic N) is 1. The van der Waals surface area contributed by atoms with Gasteiger partial charge in [-0.1, -0.05) is 74.5 Å². The van der Waals surface area contributed by atoms with E-state index < -0.39 is 16.8 Å². The van der Waals surface area contributed by atoms with E-state index in [9.17, 15) is 14.9 Å². The molecule has 0 saturated heterocycles. The summed E-state index contributed by atoms with van der Waals surface area (Å²) in [6.07, 6.45) is 4.24. The number of benzene rings is 4. The topological polar surface area (TPSA) is 87.9 Å². The van der Waals surface area contributed by atoms with Gasteiger partial charge in [0.2, 0.25) is 0 Å². The van der Waals surface area contributed by atoms with Gasteiger partial charge in [-0.3, -0.25) is 14.9 Å². The van der Waals surface area contributed by atoms with Crippen LogP contribution in [-0.2, 0) is 24.2 Å². The van der Waals surface area contributed by atoms with Gasteiger partial charge in [0.1, 0.15) is 23.9 Å². The van der Waals surface area contributed by atoms with Crippen LogP contribution in [0.1, 0.15) is 68.2 Å². The number of carbonyl (C=O) groups excluding carboxylic acids is 1. The molecule has 0 aliphatic heterocycles. The van der Waals surface area contributed by atoms with E-state index in [1.807, 2.05) is 48.5 Å². The van der Waals surface area contributed by atoms with Crippen molar-refractivity contribution in [3.8, 4) is 17.2 Å². The third-order valence-corrected chi connectivity index (χ3v) is 8.02. The van der Waals surface area contributed by atoms with Gasteiger partial charge in [-0.05, 0) is 79.3 Å². The van der Waals surface area contributed by atoms with Gasteiger partial charge >= 0.3 is 5.97 Å². The first-order valence-corrected chi connectivity index (χ1v) is 15.2. The second-order valence-corrected chi connectivity index (χ2v) is 12.3. The van der Waals surface area contributed by atoms with Crippen molar-refractivity contribution >= 4 is 11.7 Å². The monoisotopic (exact) mass is 593 g/mol. The third-order valence-electron chi connectivity index (χ3n) is 8.02. The molecule has 4 aromatic rings. The lowest BCUT2D eigenvalue weighted by molar-refractivity contribution is -0.384. The molecule has 1 aliphatic rings.